The Balaban J connectivity index is 1.59. The number of sulfonamides is 1. The average molecular weight is 400 g/mol. The quantitative estimate of drug-likeness (QED) is 0.721. The third-order valence-corrected chi connectivity index (χ3v) is 5.08. The van der Waals surface area contributed by atoms with Gasteiger partial charge in [0.05, 0.1) is 18.2 Å². The summed E-state index contributed by atoms with van der Waals surface area (Å²) in [6, 6.07) is 8.72. The Bertz CT molecular complexity index is 1030. The summed E-state index contributed by atoms with van der Waals surface area (Å²) in [5.74, 6) is -1.54. The summed E-state index contributed by atoms with van der Waals surface area (Å²) in [5.41, 5.74) is 1.29. The Hall–Kier alpha value is -3.45. The lowest BCUT2D eigenvalue weighted by atomic mass is 10.1. The molecule has 0 aliphatic carbocycles. The van der Waals surface area contributed by atoms with Crippen LogP contribution in [0, 0.1) is 11.3 Å². The number of carbonyl (C=O) groups excluding carboxylic acids is 2. The Morgan fingerprint density at radius 3 is 2.75 bits per heavy atom. The molecule has 10 heteroatoms. The molecule has 0 fully saturated rings. The van der Waals surface area contributed by atoms with Crippen LogP contribution in [0.4, 0.5) is 5.69 Å². The van der Waals surface area contributed by atoms with E-state index in [-0.39, 0.29) is 30.1 Å². The van der Waals surface area contributed by atoms with Gasteiger partial charge in [-0.05, 0) is 29.8 Å². The number of esters is 1. The van der Waals surface area contributed by atoms with Gasteiger partial charge in [0.2, 0.25) is 0 Å². The van der Waals surface area contributed by atoms with Crippen molar-refractivity contribution in [2.24, 2.45) is 4.40 Å². The van der Waals surface area contributed by atoms with Gasteiger partial charge in [0.25, 0.3) is 15.9 Å². The van der Waals surface area contributed by atoms with E-state index in [0.29, 0.717) is 5.69 Å². The number of nitrogens with zero attached hydrogens (tertiary/aromatic N) is 3. The maximum absolute atomic E-state index is 12.3. The molecule has 1 aromatic carbocycles. The van der Waals surface area contributed by atoms with Crippen LogP contribution in [-0.4, -0.2) is 49.9 Å². The third kappa shape index (κ3) is 4.63. The van der Waals surface area contributed by atoms with E-state index in [1.165, 1.54) is 6.08 Å². The van der Waals surface area contributed by atoms with Crippen molar-refractivity contribution in [2.45, 2.75) is 6.42 Å². The van der Waals surface area contributed by atoms with Gasteiger partial charge < -0.3 is 15.0 Å². The molecule has 0 spiro atoms. The van der Waals surface area contributed by atoms with Gasteiger partial charge in [-0.15, -0.1) is 4.40 Å². The number of carbonyl (C=O) groups is 2. The summed E-state index contributed by atoms with van der Waals surface area (Å²) < 4.78 is 32.0. The van der Waals surface area contributed by atoms with E-state index in [4.69, 9.17) is 10.00 Å². The molecule has 9 nitrogen and oxygen atoms in total. The number of allylic oxidation sites excluding steroid dienone is 2. The van der Waals surface area contributed by atoms with Crippen molar-refractivity contribution in [3.63, 3.8) is 0 Å². The van der Waals surface area contributed by atoms with E-state index in [9.17, 15) is 18.0 Å². The first-order valence-corrected chi connectivity index (χ1v) is 9.90. The Morgan fingerprint density at radius 1 is 1.29 bits per heavy atom. The standard InChI is InChI=1S/C18H16N4O5S/c19-8-7-13-3-5-14(6-4-13)20-16(23)12-27-18(24)15-2-1-9-22-10-11-28(25,26)21-17(15)22/h1-6,9H,7,10-12H2,(H,20,23). The lowest BCUT2D eigenvalue weighted by Crippen LogP contribution is -2.40. The zero-order valence-corrected chi connectivity index (χ0v) is 15.5. The highest BCUT2D eigenvalue weighted by Crippen LogP contribution is 2.18. The van der Waals surface area contributed by atoms with Crippen LogP contribution >= 0.6 is 0 Å². The molecule has 1 amide bonds. The average Bonchev–Trinajstić information content (AvgIpc) is 2.67. The highest BCUT2D eigenvalue weighted by atomic mass is 32.2. The van der Waals surface area contributed by atoms with E-state index >= 15 is 0 Å². The van der Waals surface area contributed by atoms with Crippen LogP contribution in [0.2, 0.25) is 0 Å². The van der Waals surface area contributed by atoms with Crippen LogP contribution in [0.5, 0.6) is 0 Å². The summed E-state index contributed by atoms with van der Waals surface area (Å²) >= 11 is 0. The Morgan fingerprint density at radius 2 is 2.04 bits per heavy atom. The topological polar surface area (TPSA) is 129 Å². The molecule has 2 aliphatic heterocycles. The van der Waals surface area contributed by atoms with Crippen molar-refractivity contribution in [1.82, 2.24) is 4.90 Å². The molecule has 1 aromatic rings. The molecule has 0 saturated heterocycles. The number of benzene rings is 1. The second kappa shape index (κ2) is 8.06. The van der Waals surface area contributed by atoms with Crippen LogP contribution in [0.25, 0.3) is 0 Å². The summed E-state index contributed by atoms with van der Waals surface area (Å²) in [7, 11) is -3.63. The van der Waals surface area contributed by atoms with Crippen molar-refractivity contribution in [3.05, 3.63) is 53.8 Å². The van der Waals surface area contributed by atoms with Gasteiger partial charge in [-0.25, -0.2) is 13.2 Å². The molecule has 1 N–H and O–H groups in total. The van der Waals surface area contributed by atoms with Crippen molar-refractivity contribution in [1.29, 1.82) is 5.26 Å². The fraction of sp³-hybridized carbons (Fsp3) is 0.222. The van der Waals surface area contributed by atoms with Crippen molar-refractivity contribution < 1.29 is 22.7 Å². The third-order valence-electron chi connectivity index (χ3n) is 3.93. The van der Waals surface area contributed by atoms with Gasteiger partial charge in [0, 0.05) is 18.4 Å². The molecule has 28 heavy (non-hydrogen) atoms. The van der Waals surface area contributed by atoms with E-state index in [2.05, 4.69) is 9.71 Å². The lowest BCUT2D eigenvalue weighted by molar-refractivity contribution is -0.142. The second-order valence-electron chi connectivity index (χ2n) is 5.97. The van der Waals surface area contributed by atoms with Gasteiger partial charge in [-0.1, -0.05) is 12.1 Å². The van der Waals surface area contributed by atoms with E-state index < -0.39 is 28.5 Å². The first-order valence-electron chi connectivity index (χ1n) is 8.29. The first-order chi connectivity index (χ1) is 13.4. The van der Waals surface area contributed by atoms with Crippen molar-refractivity contribution in [2.75, 3.05) is 24.2 Å². The molecule has 144 valence electrons. The zero-order valence-electron chi connectivity index (χ0n) is 14.7. The summed E-state index contributed by atoms with van der Waals surface area (Å²) in [6.45, 7) is -0.357. The normalized spacial score (nSPS) is 16.9. The number of amidine groups is 1. The van der Waals surface area contributed by atoms with Crippen molar-refractivity contribution in [3.8, 4) is 6.07 Å². The first kappa shape index (κ1) is 19.3. The molecule has 2 aliphatic rings. The van der Waals surface area contributed by atoms with Gasteiger partial charge in [-0.2, -0.15) is 5.26 Å². The fourth-order valence-corrected chi connectivity index (χ4v) is 3.56. The molecule has 0 radical (unpaired) electrons. The molecular formula is C18H16N4O5S. The van der Waals surface area contributed by atoms with Gasteiger partial charge in [-0.3, -0.25) is 4.79 Å². The fourth-order valence-electron chi connectivity index (χ4n) is 2.58. The van der Waals surface area contributed by atoms with Crippen molar-refractivity contribution >= 4 is 33.4 Å². The maximum atomic E-state index is 12.3. The summed E-state index contributed by atoms with van der Waals surface area (Å²) in [4.78, 5) is 25.8. The number of rotatable bonds is 5. The van der Waals surface area contributed by atoms with Gasteiger partial charge in [0.15, 0.2) is 12.4 Å². The monoisotopic (exact) mass is 400 g/mol. The summed E-state index contributed by atoms with van der Waals surface area (Å²) in [6.07, 6.45) is 4.86. The molecule has 3 rings (SSSR count). The minimum atomic E-state index is -3.63. The largest absolute Gasteiger partial charge is 0.452 e. The van der Waals surface area contributed by atoms with Gasteiger partial charge in [0.1, 0.15) is 5.57 Å². The smallest absolute Gasteiger partial charge is 0.342 e. The number of hydrogen-bond acceptors (Lipinski definition) is 7. The predicted octanol–water partition coefficient (Wildman–Crippen LogP) is 0.732. The van der Waals surface area contributed by atoms with Gasteiger partial charge >= 0.3 is 5.97 Å². The van der Waals surface area contributed by atoms with E-state index in [1.807, 2.05) is 6.07 Å². The van der Waals surface area contributed by atoms with Crippen LogP contribution in [0.1, 0.15) is 5.56 Å². The molecule has 0 bridgehead atoms. The number of amides is 1. The zero-order chi connectivity index (χ0) is 20.1. The predicted molar refractivity (Wildman–Crippen MR) is 100 cm³/mol. The number of nitriles is 1. The Kier molecular flexibility index (Phi) is 5.56. The number of nitrogens with one attached hydrogen (secondary N) is 1. The highest BCUT2D eigenvalue weighted by molar-refractivity contribution is 7.90. The second-order valence-corrected chi connectivity index (χ2v) is 7.73. The van der Waals surface area contributed by atoms with E-state index in [1.54, 1.807) is 41.4 Å². The molecular weight excluding hydrogens is 384 g/mol. The van der Waals surface area contributed by atoms with Crippen LogP contribution < -0.4 is 5.32 Å². The van der Waals surface area contributed by atoms with E-state index in [0.717, 1.165) is 5.56 Å². The summed E-state index contributed by atoms with van der Waals surface area (Å²) in [5, 5.41) is 11.2. The number of ether oxygens (including phenoxy) is 1. The molecule has 0 atom stereocenters. The Labute approximate surface area is 161 Å². The molecule has 0 saturated carbocycles. The van der Waals surface area contributed by atoms with Crippen LogP contribution in [0.3, 0.4) is 0 Å². The number of anilines is 1. The lowest BCUT2D eigenvalue weighted by Gasteiger charge is -2.28. The highest BCUT2D eigenvalue weighted by Gasteiger charge is 2.30. The molecule has 2 heterocycles. The number of hydrogen-bond donors (Lipinski definition) is 1. The van der Waals surface area contributed by atoms with Crippen LogP contribution in [0.15, 0.2) is 52.6 Å². The van der Waals surface area contributed by atoms with Crippen LogP contribution in [-0.2, 0) is 30.8 Å². The minimum Gasteiger partial charge on any atom is -0.452 e. The minimum absolute atomic E-state index is 0.00719. The molecule has 0 aromatic heterocycles. The number of fused-ring (bicyclic) bond motifs is 1. The SMILES string of the molecule is N#CCc1ccc(NC(=O)COC(=O)C2=CC=CN3CCS(=O)(=O)N=C23)cc1. The molecule has 0 unspecified atom stereocenters. The maximum Gasteiger partial charge on any atom is 0.342 e.